The van der Waals surface area contributed by atoms with Crippen molar-refractivity contribution in [1.29, 1.82) is 0 Å². The molecule has 3 atom stereocenters. The summed E-state index contributed by atoms with van der Waals surface area (Å²) in [6.07, 6.45) is 8.68. The molecular weight excluding hydrogens is 390 g/mol. The maximum Gasteiger partial charge on any atom is -1.00 e. The van der Waals surface area contributed by atoms with E-state index >= 15 is 0 Å². The number of fused-ring (bicyclic) bond motifs is 1. The fraction of sp³-hybridized carbons (Fsp3) is 0.368. The first-order chi connectivity index (χ1) is 9.64. The zero-order valence-electron chi connectivity index (χ0n) is 13.4. The van der Waals surface area contributed by atoms with Crippen molar-refractivity contribution in [3.63, 3.8) is 0 Å². The third-order valence-corrected chi connectivity index (χ3v) is 20.8. The van der Waals surface area contributed by atoms with E-state index in [1.807, 2.05) is 3.28 Å². The molecule has 1 fully saturated rings. The van der Waals surface area contributed by atoms with E-state index in [9.17, 15) is 0 Å². The van der Waals surface area contributed by atoms with Gasteiger partial charge in [-0.2, -0.15) is 0 Å². The van der Waals surface area contributed by atoms with E-state index in [1.54, 1.807) is 20.8 Å². The smallest absolute Gasteiger partial charge is 1.00 e. The zero-order valence-corrected chi connectivity index (χ0v) is 17.3. The van der Waals surface area contributed by atoms with Gasteiger partial charge < -0.3 is 24.8 Å². The predicted octanol–water partition coefficient (Wildman–Crippen LogP) is -0.219. The summed E-state index contributed by atoms with van der Waals surface area (Å²) in [5, 5.41) is 0. The predicted molar refractivity (Wildman–Crippen MR) is 83.5 cm³/mol. The summed E-state index contributed by atoms with van der Waals surface area (Å²) < 4.78 is 5.32. The van der Waals surface area contributed by atoms with Crippen molar-refractivity contribution in [3.05, 3.63) is 62.0 Å². The monoisotopic (exact) mass is 410 g/mol. The van der Waals surface area contributed by atoms with Crippen LogP contribution in [-0.4, -0.2) is 0 Å². The van der Waals surface area contributed by atoms with E-state index in [-0.39, 0.29) is 24.8 Å². The summed E-state index contributed by atoms with van der Waals surface area (Å²) >= 11 is -2.18. The molecule has 1 aromatic rings. The Bertz CT molecular complexity index is 686. The summed E-state index contributed by atoms with van der Waals surface area (Å²) in [6, 6.07) is 9.08. The van der Waals surface area contributed by atoms with Crippen molar-refractivity contribution in [1.82, 2.24) is 0 Å². The van der Waals surface area contributed by atoms with Crippen LogP contribution in [0.2, 0.25) is 7.75 Å². The van der Waals surface area contributed by atoms with Crippen LogP contribution in [0.5, 0.6) is 0 Å². The molecule has 22 heavy (non-hydrogen) atoms. The molecule has 116 valence electrons. The Kier molecular flexibility index (Phi) is 5.33. The second-order valence-electron chi connectivity index (χ2n) is 6.81. The third-order valence-electron chi connectivity index (χ3n) is 5.94. The summed E-state index contributed by atoms with van der Waals surface area (Å²) in [7, 11) is 0. The molecular formula is C19H22Cl2Zr. The summed E-state index contributed by atoms with van der Waals surface area (Å²) in [4.78, 5) is 0. The molecule has 1 aromatic carbocycles. The Labute approximate surface area is 151 Å². The van der Waals surface area contributed by atoms with E-state index in [1.165, 1.54) is 12.0 Å². The van der Waals surface area contributed by atoms with Crippen LogP contribution in [0.4, 0.5) is 0 Å². The van der Waals surface area contributed by atoms with Crippen molar-refractivity contribution in [2.24, 2.45) is 0 Å². The van der Waals surface area contributed by atoms with Gasteiger partial charge in [0.25, 0.3) is 0 Å². The molecule has 0 saturated carbocycles. The largest absolute Gasteiger partial charge is 1.00 e. The number of hydrogen-bond acceptors (Lipinski definition) is 0. The fourth-order valence-electron chi connectivity index (χ4n) is 4.53. The van der Waals surface area contributed by atoms with Gasteiger partial charge in [-0.1, -0.05) is 0 Å². The van der Waals surface area contributed by atoms with Crippen molar-refractivity contribution in [3.8, 4) is 0 Å². The second-order valence-corrected chi connectivity index (χ2v) is 18.4. The van der Waals surface area contributed by atoms with Crippen molar-refractivity contribution in [2.45, 2.75) is 38.6 Å². The summed E-state index contributed by atoms with van der Waals surface area (Å²) in [5.41, 5.74) is 6.32. The number of hydrogen-bond donors (Lipinski definition) is 0. The SMILES string of the molecule is CC1=CC[C]([Zr+2]2([CH]3C=Cc4ccccc43)[CH2][CH]2C)=C1C.[Cl-].[Cl-]. The second kappa shape index (κ2) is 6.42. The van der Waals surface area contributed by atoms with Gasteiger partial charge in [0.15, 0.2) is 0 Å². The summed E-state index contributed by atoms with van der Waals surface area (Å²) in [6.45, 7) is 7.20. The van der Waals surface area contributed by atoms with Crippen LogP contribution in [0.1, 0.15) is 41.9 Å². The average molecular weight is 413 g/mol. The molecule has 0 nitrogen and oxygen atoms in total. The molecule has 4 rings (SSSR count). The standard InChI is InChI=1S/C9H7.C7H9.C3H6.2ClH.Zr/c1-2-5-9-7-3-6-8(9)4-1;1-6-4-3-5-7(6)2;1-3-2;;;/h1-7H;4H,3H2,1-2H3;3H,1H2,2H3;2*1H;/q;;;;;+2/p-2. The van der Waals surface area contributed by atoms with Gasteiger partial charge in [-0.15, -0.1) is 0 Å². The van der Waals surface area contributed by atoms with Gasteiger partial charge in [0.2, 0.25) is 0 Å². The molecule has 1 aliphatic heterocycles. The van der Waals surface area contributed by atoms with Crippen LogP contribution in [0.3, 0.4) is 0 Å². The van der Waals surface area contributed by atoms with E-state index < -0.39 is 20.3 Å². The molecule has 0 radical (unpaired) electrons. The Balaban J connectivity index is 0.000000882. The van der Waals surface area contributed by atoms with Crippen molar-refractivity contribution < 1.29 is 45.1 Å². The van der Waals surface area contributed by atoms with Crippen LogP contribution in [0, 0.1) is 0 Å². The Morgan fingerprint density at radius 2 is 1.77 bits per heavy atom. The first kappa shape index (κ1) is 18.2. The van der Waals surface area contributed by atoms with Gasteiger partial charge in [-0.05, 0) is 0 Å². The van der Waals surface area contributed by atoms with Gasteiger partial charge in [0, 0.05) is 0 Å². The minimum absolute atomic E-state index is 0. The number of benzene rings is 1. The Morgan fingerprint density at radius 3 is 2.36 bits per heavy atom. The molecule has 0 aromatic heterocycles. The van der Waals surface area contributed by atoms with Crippen molar-refractivity contribution in [2.75, 3.05) is 0 Å². The van der Waals surface area contributed by atoms with E-state index in [0.29, 0.717) is 0 Å². The van der Waals surface area contributed by atoms with Gasteiger partial charge in [0.05, 0.1) is 0 Å². The third kappa shape index (κ3) is 2.45. The molecule has 3 heteroatoms. The minimum Gasteiger partial charge on any atom is -1.00 e. The van der Waals surface area contributed by atoms with Crippen LogP contribution in [0.15, 0.2) is 50.8 Å². The number of allylic oxidation sites excluding steroid dienone is 5. The Morgan fingerprint density at radius 1 is 1.09 bits per heavy atom. The van der Waals surface area contributed by atoms with Crippen LogP contribution in [-0.2, 0) is 20.3 Å². The molecule has 1 heterocycles. The Hall–Kier alpha value is -0.0969. The van der Waals surface area contributed by atoms with Gasteiger partial charge >= 0.3 is 127 Å². The van der Waals surface area contributed by atoms with Gasteiger partial charge in [-0.25, -0.2) is 0 Å². The van der Waals surface area contributed by atoms with E-state index in [0.717, 1.165) is 7.25 Å². The maximum absolute atomic E-state index is 2.55. The molecule has 2 aliphatic carbocycles. The molecule has 1 saturated heterocycles. The van der Waals surface area contributed by atoms with Crippen molar-refractivity contribution >= 4 is 6.08 Å². The van der Waals surface area contributed by atoms with Gasteiger partial charge in [0.1, 0.15) is 0 Å². The molecule has 0 bridgehead atoms. The fourth-order valence-corrected chi connectivity index (χ4v) is 21.5. The normalized spacial score (nSPS) is 28.4. The number of rotatable bonds is 2. The van der Waals surface area contributed by atoms with Crippen LogP contribution >= 0.6 is 0 Å². The first-order valence-corrected chi connectivity index (χ1v) is 13.6. The molecule has 3 aliphatic rings. The van der Waals surface area contributed by atoms with Crippen LogP contribution in [0.25, 0.3) is 6.08 Å². The zero-order chi connectivity index (χ0) is 13.9. The maximum atomic E-state index is 2.55. The van der Waals surface area contributed by atoms with Crippen LogP contribution < -0.4 is 24.8 Å². The number of halogens is 2. The topological polar surface area (TPSA) is 0 Å². The van der Waals surface area contributed by atoms with E-state index in [2.05, 4.69) is 63.3 Å². The van der Waals surface area contributed by atoms with Gasteiger partial charge in [-0.3, -0.25) is 0 Å². The molecule has 0 spiro atoms. The summed E-state index contributed by atoms with van der Waals surface area (Å²) in [5.74, 6) is 0. The molecule has 0 N–H and O–H groups in total. The van der Waals surface area contributed by atoms with E-state index in [4.69, 9.17) is 0 Å². The average Bonchev–Trinajstić information content (AvgIpc) is 2.82. The molecule has 0 amide bonds. The quantitative estimate of drug-likeness (QED) is 0.630. The molecule has 3 unspecified atom stereocenters. The minimum atomic E-state index is -2.18. The first-order valence-electron chi connectivity index (χ1n) is 7.79.